The smallest absolute Gasteiger partial charge is 0.273 e. The minimum absolute atomic E-state index is 0.278. The summed E-state index contributed by atoms with van der Waals surface area (Å²) in [6, 6.07) is 19.6. The van der Waals surface area contributed by atoms with Crippen molar-refractivity contribution < 1.29 is 14.0 Å². The van der Waals surface area contributed by atoms with Crippen LogP contribution in [0.15, 0.2) is 77.9 Å². The molecule has 0 aliphatic rings. The molecule has 0 aromatic heterocycles. The zero-order chi connectivity index (χ0) is 19.9. The topological polar surface area (TPSA) is 70.6 Å². The molecule has 6 heteroatoms. The fourth-order valence-electron chi connectivity index (χ4n) is 2.58. The summed E-state index contributed by atoms with van der Waals surface area (Å²) in [5.74, 6) is -1.12. The van der Waals surface area contributed by atoms with E-state index in [1.165, 1.54) is 18.3 Å². The fourth-order valence-corrected chi connectivity index (χ4v) is 2.58. The van der Waals surface area contributed by atoms with Crippen molar-refractivity contribution in [3.05, 3.63) is 101 Å². The number of benzene rings is 3. The van der Waals surface area contributed by atoms with Gasteiger partial charge in [-0.25, -0.2) is 9.82 Å². The summed E-state index contributed by atoms with van der Waals surface area (Å²) in [5.41, 5.74) is 5.09. The highest BCUT2D eigenvalue weighted by Gasteiger charge is 2.14. The number of para-hydroxylation sites is 1. The third-order valence-electron chi connectivity index (χ3n) is 4.06. The number of anilines is 1. The quantitative estimate of drug-likeness (QED) is 0.519. The summed E-state index contributed by atoms with van der Waals surface area (Å²) in [6.07, 6.45) is 1.41. The van der Waals surface area contributed by atoms with Gasteiger partial charge in [0.25, 0.3) is 11.8 Å². The van der Waals surface area contributed by atoms with Gasteiger partial charge in [0.1, 0.15) is 5.82 Å². The van der Waals surface area contributed by atoms with Crippen LogP contribution in [0.4, 0.5) is 10.1 Å². The Balaban J connectivity index is 1.72. The van der Waals surface area contributed by atoms with Gasteiger partial charge in [0, 0.05) is 5.56 Å². The molecule has 0 saturated heterocycles. The molecule has 2 N–H and O–H groups in total. The summed E-state index contributed by atoms with van der Waals surface area (Å²) in [5, 5.41) is 6.65. The molecule has 0 unspecified atom stereocenters. The first-order valence-electron chi connectivity index (χ1n) is 8.59. The number of halogens is 1. The molecule has 28 heavy (non-hydrogen) atoms. The van der Waals surface area contributed by atoms with Gasteiger partial charge >= 0.3 is 0 Å². The molecule has 0 fully saturated rings. The van der Waals surface area contributed by atoms with E-state index >= 15 is 0 Å². The predicted octanol–water partition coefficient (Wildman–Crippen LogP) is 4.15. The Morgan fingerprint density at radius 1 is 0.857 bits per heavy atom. The fraction of sp³-hybridized carbons (Fsp3) is 0.0455. The third-order valence-corrected chi connectivity index (χ3v) is 4.06. The van der Waals surface area contributed by atoms with Gasteiger partial charge < -0.3 is 5.32 Å². The van der Waals surface area contributed by atoms with Gasteiger partial charge in [0.05, 0.1) is 17.5 Å². The number of amides is 2. The molecule has 0 radical (unpaired) electrons. The van der Waals surface area contributed by atoms with Crippen molar-refractivity contribution in [2.45, 2.75) is 6.92 Å². The van der Waals surface area contributed by atoms with Crippen LogP contribution in [0.1, 0.15) is 31.8 Å². The lowest BCUT2D eigenvalue weighted by atomic mass is 10.1. The summed E-state index contributed by atoms with van der Waals surface area (Å²) < 4.78 is 12.9. The van der Waals surface area contributed by atoms with Gasteiger partial charge in [0.15, 0.2) is 0 Å². The van der Waals surface area contributed by atoms with E-state index in [2.05, 4.69) is 15.8 Å². The molecular formula is C22H18FN3O2. The summed E-state index contributed by atoms with van der Waals surface area (Å²) >= 11 is 0. The Kier molecular flexibility index (Phi) is 5.91. The molecule has 0 saturated carbocycles. The number of hydrazone groups is 1. The van der Waals surface area contributed by atoms with Crippen LogP contribution in [0.25, 0.3) is 0 Å². The maximum absolute atomic E-state index is 12.9. The molecule has 140 valence electrons. The molecule has 3 aromatic carbocycles. The van der Waals surface area contributed by atoms with Crippen molar-refractivity contribution in [1.82, 2.24) is 5.43 Å². The highest BCUT2D eigenvalue weighted by atomic mass is 19.1. The standard InChI is InChI=1S/C22H18FN3O2/c1-15-6-2-3-7-18(15)21(27)25-20-9-5-4-8-19(20)22(28)26-24-14-16-10-12-17(23)13-11-16/h2-14H,1H3,(H,25,27)(H,26,28)/b24-14-. The Hall–Kier alpha value is -3.80. The summed E-state index contributed by atoms with van der Waals surface area (Å²) in [7, 11) is 0. The maximum atomic E-state index is 12.9. The van der Waals surface area contributed by atoms with Crippen molar-refractivity contribution in [2.75, 3.05) is 5.32 Å². The second kappa shape index (κ2) is 8.73. The number of hydrogen-bond acceptors (Lipinski definition) is 3. The normalized spacial score (nSPS) is 10.6. The van der Waals surface area contributed by atoms with E-state index in [1.54, 1.807) is 48.5 Å². The van der Waals surface area contributed by atoms with E-state index in [9.17, 15) is 14.0 Å². The van der Waals surface area contributed by atoms with E-state index in [0.717, 1.165) is 5.56 Å². The van der Waals surface area contributed by atoms with Crippen molar-refractivity contribution in [3.63, 3.8) is 0 Å². The second-order valence-corrected chi connectivity index (χ2v) is 6.07. The number of carbonyl (C=O) groups is 2. The van der Waals surface area contributed by atoms with Crippen molar-refractivity contribution in [3.8, 4) is 0 Å². The predicted molar refractivity (Wildman–Crippen MR) is 107 cm³/mol. The van der Waals surface area contributed by atoms with Crippen LogP contribution < -0.4 is 10.7 Å². The number of hydrogen-bond donors (Lipinski definition) is 2. The molecule has 0 heterocycles. The van der Waals surface area contributed by atoms with Crippen LogP contribution >= 0.6 is 0 Å². The molecule has 2 amide bonds. The molecule has 0 aliphatic heterocycles. The second-order valence-electron chi connectivity index (χ2n) is 6.07. The first kappa shape index (κ1) is 19.0. The number of nitrogens with zero attached hydrogens (tertiary/aromatic N) is 1. The number of aryl methyl sites for hydroxylation is 1. The molecule has 3 rings (SSSR count). The number of rotatable bonds is 5. The maximum Gasteiger partial charge on any atom is 0.273 e. The first-order valence-corrected chi connectivity index (χ1v) is 8.59. The molecular weight excluding hydrogens is 357 g/mol. The Morgan fingerprint density at radius 3 is 2.21 bits per heavy atom. The summed E-state index contributed by atoms with van der Waals surface area (Å²) in [4.78, 5) is 25.0. The molecule has 3 aromatic rings. The lowest BCUT2D eigenvalue weighted by Crippen LogP contribution is -2.21. The van der Waals surface area contributed by atoms with Gasteiger partial charge in [-0.3, -0.25) is 9.59 Å². The van der Waals surface area contributed by atoms with Gasteiger partial charge in [0.2, 0.25) is 0 Å². The van der Waals surface area contributed by atoms with E-state index in [4.69, 9.17) is 0 Å². The molecule has 0 bridgehead atoms. The minimum Gasteiger partial charge on any atom is -0.321 e. The highest BCUT2D eigenvalue weighted by molar-refractivity contribution is 6.09. The Morgan fingerprint density at radius 2 is 1.50 bits per heavy atom. The number of nitrogens with one attached hydrogen (secondary N) is 2. The van der Waals surface area contributed by atoms with Gasteiger partial charge in [-0.15, -0.1) is 0 Å². The largest absolute Gasteiger partial charge is 0.321 e. The van der Waals surface area contributed by atoms with E-state index in [0.29, 0.717) is 16.8 Å². The Labute approximate surface area is 161 Å². The van der Waals surface area contributed by atoms with Crippen LogP contribution in [-0.4, -0.2) is 18.0 Å². The van der Waals surface area contributed by atoms with Gasteiger partial charge in [-0.2, -0.15) is 5.10 Å². The van der Waals surface area contributed by atoms with Gasteiger partial charge in [-0.05, 0) is 48.4 Å². The monoisotopic (exact) mass is 375 g/mol. The minimum atomic E-state index is -0.473. The Bertz CT molecular complexity index is 1030. The van der Waals surface area contributed by atoms with Crippen molar-refractivity contribution in [2.24, 2.45) is 5.10 Å². The van der Waals surface area contributed by atoms with E-state index in [1.807, 2.05) is 19.1 Å². The van der Waals surface area contributed by atoms with Crippen LogP contribution in [0.3, 0.4) is 0 Å². The SMILES string of the molecule is Cc1ccccc1C(=O)Nc1ccccc1C(=O)N/N=C\c1ccc(F)cc1. The van der Waals surface area contributed by atoms with E-state index in [-0.39, 0.29) is 17.3 Å². The lowest BCUT2D eigenvalue weighted by Gasteiger charge is -2.11. The zero-order valence-electron chi connectivity index (χ0n) is 15.1. The van der Waals surface area contributed by atoms with Crippen LogP contribution in [-0.2, 0) is 0 Å². The first-order chi connectivity index (χ1) is 13.5. The molecule has 0 aliphatic carbocycles. The molecule has 0 spiro atoms. The van der Waals surface area contributed by atoms with Crippen LogP contribution in [0.5, 0.6) is 0 Å². The van der Waals surface area contributed by atoms with Crippen molar-refractivity contribution >= 4 is 23.7 Å². The van der Waals surface area contributed by atoms with E-state index < -0.39 is 5.91 Å². The summed E-state index contributed by atoms with van der Waals surface area (Å²) in [6.45, 7) is 1.84. The number of carbonyl (C=O) groups excluding carboxylic acids is 2. The highest BCUT2D eigenvalue weighted by Crippen LogP contribution is 2.17. The van der Waals surface area contributed by atoms with Crippen LogP contribution in [0, 0.1) is 12.7 Å². The zero-order valence-corrected chi connectivity index (χ0v) is 15.1. The molecule has 5 nitrogen and oxygen atoms in total. The molecule has 0 atom stereocenters. The average molecular weight is 375 g/mol. The van der Waals surface area contributed by atoms with Crippen molar-refractivity contribution in [1.29, 1.82) is 0 Å². The van der Waals surface area contributed by atoms with Crippen LogP contribution in [0.2, 0.25) is 0 Å². The lowest BCUT2D eigenvalue weighted by molar-refractivity contribution is 0.0956. The average Bonchev–Trinajstić information content (AvgIpc) is 2.70. The van der Waals surface area contributed by atoms with Gasteiger partial charge in [-0.1, -0.05) is 42.5 Å². The third kappa shape index (κ3) is 4.67.